The van der Waals surface area contributed by atoms with Gasteiger partial charge in [-0.25, -0.2) is 0 Å². The van der Waals surface area contributed by atoms with Gasteiger partial charge in [0.05, 0.1) is 6.61 Å². The number of carbonyl (C=O) groups is 1. The molecule has 23 heavy (non-hydrogen) atoms. The summed E-state index contributed by atoms with van der Waals surface area (Å²) in [6.07, 6.45) is 0.117. The van der Waals surface area contributed by atoms with Crippen molar-refractivity contribution in [1.82, 2.24) is 10.2 Å². The van der Waals surface area contributed by atoms with Crippen molar-refractivity contribution in [3.63, 3.8) is 0 Å². The first kappa shape index (κ1) is 17.2. The number of amides is 1. The average Bonchev–Trinajstić information content (AvgIpc) is 2.97. The number of carbonyl (C=O) groups excluding carboxylic acids is 1. The lowest BCUT2D eigenvalue weighted by atomic mass is 10.2. The van der Waals surface area contributed by atoms with Gasteiger partial charge < -0.3 is 9.47 Å². The number of rotatable bonds is 7. The molecule has 0 fully saturated rings. The number of nitrogens with one attached hydrogen (secondary N) is 1. The zero-order valence-electron chi connectivity index (χ0n) is 13.8. The molecule has 0 aliphatic carbocycles. The zero-order chi connectivity index (χ0) is 16.8. The first-order valence-electron chi connectivity index (χ1n) is 7.56. The van der Waals surface area contributed by atoms with Gasteiger partial charge in [0.25, 0.3) is 5.91 Å². The van der Waals surface area contributed by atoms with Gasteiger partial charge in [0.1, 0.15) is 5.01 Å². The fourth-order valence-corrected chi connectivity index (χ4v) is 2.56. The van der Waals surface area contributed by atoms with Crippen molar-refractivity contribution in [1.29, 1.82) is 0 Å². The normalized spacial score (nSPS) is 11.8. The first-order valence-corrected chi connectivity index (χ1v) is 8.38. The van der Waals surface area contributed by atoms with Crippen LogP contribution >= 0.6 is 11.3 Å². The number of anilines is 1. The van der Waals surface area contributed by atoms with Crippen LogP contribution in [0.3, 0.4) is 0 Å². The summed E-state index contributed by atoms with van der Waals surface area (Å²) < 4.78 is 11.3. The van der Waals surface area contributed by atoms with E-state index in [0.29, 0.717) is 23.2 Å². The average molecular weight is 335 g/mol. The molecule has 1 atom stereocenters. The summed E-state index contributed by atoms with van der Waals surface area (Å²) in [5.41, 5.74) is 1.07. The van der Waals surface area contributed by atoms with Crippen LogP contribution in [0.5, 0.6) is 11.5 Å². The summed E-state index contributed by atoms with van der Waals surface area (Å²) in [5, 5.41) is 12.0. The third kappa shape index (κ3) is 4.66. The van der Waals surface area contributed by atoms with E-state index in [-0.39, 0.29) is 5.91 Å². The Kier molecular flexibility index (Phi) is 5.92. The van der Waals surface area contributed by atoms with Crippen LogP contribution in [0.25, 0.3) is 0 Å². The molecule has 0 aliphatic heterocycles. The lowest BCUT2D eigenvalue weighted by Crippen LogP contribution is -2.30. The largest absolute Gasteiger partial charge is 0.490 e. The minimum Gasteiger partial charge on any atom is -0.490 e. The van der Waals surface area contributed by atoms with Gasteiger partial charge in [0.2, 0.25) is 5.13 Å². The first-order chi connectivity index (χ1) is 11.0. The van der Waals surface area contributed by atoms with Crippen molar-refractivity contribution in [3.8, 4) is 11.5 Å². The number of hydrogen-bond donors (Lipinski definition) is 1. The van der Waals surface area contributed by atoms with Crippen LogP contribution in [-0.4, -0.2) is 28.8 Å². The fraction of sp³-hybridized carbons (Fsp3) is 0.438. The highest BCUT2D eigenvalue weighted by Gasteiger charge is 2.18. The number of nitrogens with zero attached hydrogens (tertiary/aromatic N) is 2. The van der Waals surface area contributed by atoms with E-state index in [1.165, 1.54) is 11.3 Å². The molecule has 0 aliphatic rings. The Bertz CT molecular complexity index is 672. The van der Waals surface area contributed by atoms with Crippen molar-refractivity contribution in [2.24, 2.45) is 0 Å². The molecular formula is C16H21N3O3S. The molecule has 0 unspecified atom stereocenters. The predicted octanol–water partition coefficient (Wildman–Crippen LogP) is 3.21. The maximum atomic E-state index is 12.2. The summed E-state index contributed by atoms with van der Waals surface area (Å²) in [5.74, 6) is 0.912. The topological polar surface area (TPSA) is 73.3 Å². The van der Waals surface area contributed by atoms with E-state index >= 15 is 0 Å². The zero-order valence-corrected chi connectivity index (χ0v) is 14.6. The molecule has 2 aromatic rings. The highest BCUT2D eigenvalue weighted by Crippen LogP contribution is 2.29. The molecule has 1 aromatic carbocycles. The van der Waals surface area contributed by atoms with Gasteiger partial charge in [0, 0.05) is 0 Å². The Hall–Kier alpha value is -2.15. The van der Waals surface area contributed by atoms with E-state index in [2.05, 4.69) is 15.5 Å². The summed E-state index contributed by atoms with van der Waals surface area (Å²) in [6, 6.07) is 5.62. The third-order valence-electron chi connectivity index (χ3n) is 3.07. The monoisotopic (exact) mass is 335 g/mol. The highest BCUT2D eigenvalue weighted by atomic mass is 32.1. The second kappa shape index (κ2) is 7.92. The molecule has 0 saturated carbocycles. The minimum absolute atomic E-state index is 0.271. The molecule has 1 amide bonds. The second-order valence-electron chi connectivity index (χ2n) is 4.99. The van der Waals surface area contributed by atoms with E-state index < -0.39 is 6.10 Å². The molecule has 0 bridgehead atoms. The highest BCUT2D eigenvalue weighted by molar-refractivity contribution is 7.15. The van der Waals surface area contributed by atoms with Crippen LogP contribution in [0.2, 0.25) is 0 Å². The maximum absolute atomic E-state index is 12.2. The molecule has 6 nitrogen and oxygen atoms in total. The van der Waals surface area contributed by atoms with Crippen molar-refractivity contribution < 1.29 is 14.3 Å². The van der Waals surface area contributed by atoms with E-state index in [9.17, 15) is 4.79 Å². The molecule has 7 heteroatoms. The van der Waals surface area contributed by atoms with Gasteiger partial charge in [-0.05, 0) is 44.9 Å². The molecule has 124 valence electrons. The number of aromatic nitrogens is 2. The molecule has 0 saturated heterocycles. The van der Waals surface area contributed by atoms with Gasteiger partial charge in [-0.1, -0.05) is 24.3 Å². The van der Waals surface area contributed by atoms with E-state index in [0.717, 1.165) is 17.0 Å². The van der Waals surface area contributed by atoms with Crippen LogP contribution in [0.15, 0.2) is 18.2 Å². The van der Waals surface area contributed by atoms with Gasteiger partial charge >= 0.3 is 0 Å². The van der Waals surface area contributed by atoms with Crippen molar-refractivity contribution >= 4 is 22.4 Å². The Labute approximate surface area is 139 Å². The second-order valence-corrected chi connectivity index (χ2v) is 6.05. The molecule has 1 aromatic heterocycles. The van der Waals surface area contributed by atoms with Crippen LogP contribution in [0.4, 0.5) is 5.13 Å². The van der Waals surface area contributed by atoms with Crippen LogP contribution < -0.4 is 14.8 Å². The van der Waals surface area contributed by atoms with E-state index in [1.807, 2.05) is 39.0 Å². The number of hydrogen-bond acceptors (Lipinski definition) is 6. The Morgan fingerprint density at radius 1 is 1.30 bits per heavy atom. The number of ether oxygens (including phenoxy) is 2. The van der Waals surface area contributed by atoms with Gasteiger partial charge in [0.15, 0.2) is 17.6 Å². The maximum Gasteiger partial charge on any atom is 0.266 e. The molecule has 1 N–H and O–H groups in total. The van der Waals surface area contributed by atoms with E-state index in [4.69, 9.17) is 9.47 Å². The Balaban J connectivity index is 2.03. The number of benzene rings is 1. The van der Waals surface area contributed by atoms with Gasteiger partial charge in [-0.2, -0.15) is 0 Å². The third-order valence-corrected chi connectivity index (χ3v) is 4.05. The van der Waals surface area contributed by atoms with Crippen molar-refractivity contribution in [2.45, 2.75) is 40.2 Å². The van der Waals surface area contributed by atoms with E-state index in [1.54, 1.807) is 6.92 Å². The summed E-state index contributed by atoms with van der Waals surface area (Å²) >= 11 is 1.36. The summed E-state index contributed by atoms with van der Waals surface area (Å²) in [4.78, 5) is 12.2. The number of aryl methyl sites for hydroxylation is 2. The smallest absolute Gasteiger partial charge is 0.266 e. The lowest BCUT2D eigenvalue weighted by Gasteiger charge is -2.17. The van der Waals surface area contributed by atoms with Crippen molar-refractivity contribution in [3.05, 3.63) is 28.8 Å². The van der Waals surface area contributed by atoms with Crippen LogP contribution in [-0.2, 0) is 11.2 Å². The molecule has 1 heterocycles. The summed E-state index contributed by atoms with van der Waals surface area (Å²) in [6.45, 7) is 8.09. The molecular weight excluding hydrogens is 314 g/mol. The Morgan fingerprint density at radius 3 is 2.74 bits per heavy atom. The van der Waals surface area contributed by atoms with Crippen LogP contribution in [0.1, 0.15) is 31.3 Å². The minimum atomic E-state index is -0.675. The van der Waals surface area contributed by atoms with Crippen molar-refractivity contribution in [2.75, 3.05) is 11.9 Å². The van der Waals surface area contributed by atoms with Gasteiger partial charge in [-0.3, -0.25) is 10.1 Å². The van der Waals surface area contributed by atoms with Gasteiger partial charge in [-0.15, -0.1) is 10.2 Å². The quantitative estimate of drug-likeness (QED) is 0.841. The molecule has 0 radical (unpaired) electrons. The Morgan fingerprint density at radius 2 is 2.09 bits per heavy atom. The molecule has 2 rings (SSSR count). The molecule has 0 spiro atoms. The van der Waals surface area contributed by atoms with Crippen LogP contribution in [0, 0.1) is 6.92 Å². The summed E-state index contributed by atoms with van der Waals surface area (Å²) in [7, 11) is 0. The predicted molar refractivity (Wildman–Crippen MR) is 90.4 cm³/mol. The standard InChI is InChI=1S/C16H21N3O3S/c1-5-14-18-19-16(23-14)17-15(20)11(4)22-12-8-7-10(3)9-13(12)21-6-2/h7-9,11H,5-6H2,1-4H3,(H,17,19,20)/t11-/m1/s1. The fourth-order valence-electron chi connectivity index (χ4n) is 1.88. The lowest BCUT2D eigenvalue weighted by molar-refractivity contribution is -0.122. The SMILES string of the molecule is CCOc1cc(C)ccc1O[C@H](C)C(=O)Nc1nnc(CC)s1.